The number of nitrogens with zero attached hydrogens (tertiary/aromatic N) is 4. The van der Waals surface area contributed by atoms with E-state index in [9.17, 15) is 4.79 Å². The second-order valence-electron chi connectivity index (χ2n) is 3.90. The fraction of sp³-hybridized carbons (Fsp3) is 0.0769. The second kappa shape index (κ2) is 4.51. The van der Waals surface area contributed by atoms with Crippen molar-refractivity contribution in [3.8, 4) is 17.5 Å². The average molecular weight is 268 g/mol. The summed E-state index contributed by atoms with van der Waals surface area (Å²) in [4.78, 5) is 16.1. The SMILES string of the molecule is COC(=O)c1cc(-c2ccco2)nc2c(C#N)cnn12. The highest BCUT2D eigenvalue weighted by Gasteiger charge is 2.18. The Hall–Kier alpha value is -3.14. The van der Waals surface area contributed by atoms with Crippen LogP contribution in [0.4, 0.5) is 0 Å². The Kier molecular flexibility index (Phi) is 2.69. The quantitative estimate of drug-likeness (QED) is 0.656. The fourth-order valence-corrected chi connectivity index (χ4v) is 1.84. The Balaban J connectivity index is 2.34. The lowest BCUT2D eigenvalue weighted by atomic mass is 10.2. The molecule has 0 bridgehead atoms. The third kappa shape index (κ3) is 1.71. The van der Waals surface area contributed by atoms with Gasteiger partial charge in [-0.3, -0.25) is 0 Å². The molecule has 0 unspecified atom stereocenters. The molecule has 0 aliphatic rings. The van der Waals surface area contributed by atoms with Crippen LogP contribution in [-0.4, -0.2) is 27.7 Å². The maximum absolute atomic E-state index is 11.8. The van der Waals surface area contributed by atoms with Crippen LogP contribution >= 0.6 is 0 Å². The van der Waals surface area contributed by atoms with Crippen molar-refractivity contribution in [2.24, 2.45) is 0 Å². The molecule has 0 saturated heterocycles. The lowest BCUT2D eigenvalue weighted by Gasteiger charge is -2.05. The summed E-state index contributed by atoms with van der Waals surface area (Å²) >= 11 is 0. The Morgan fingerprint density at radius 2 is 2.40 bits per heavy atom. The summed E-state index contributed by atoms with van der Waals surface area (Å²) in [5.74, 6) is -0.0828. The molecule has 20 heavy (non-hydrogen) atoms. The molecule has 0 atom stereocenters. The summed E-state index contributed by atoms with van der Waals surface area (Å²) in [6.07, 6.45) is 2.85. The summed E-state index contributed by atoms with van der Waals surface area (Å²) in [6.45, 7) is 0. The molecule has 0 fully saturated rings. The molecule has 0 aliphatic carbocycles. The Bertz CT molecular complexity index is 827. The molecule has 3 aromatic rings. The number of aromatic nitrogens is 3. The van der Waals surface area contributed by atoms with E-state index in [0.29, 0.717) is 11.5 Å². The molecule has 0 saturated carbocycles. The van der Waals surface area contributed by atoms with Crippen LogP contribution in [0.1, 0.15) is 16.1 Å². The minimum absolute atomic E-state index is 0.172. The Labute approximate surface area is 113 Å². The van der Waals surface area contributed by atoms with Gasteiger partial charge in [0.05, 0.1) is 19.6 Å². The van der Waals surface area contributed by atoms with Crippen molar-refractivity contribution in [1.82, 2.24) is 14.6 Å². The number of furan rings is 1. The number of esters is 1. The molecule has 7 nitrogen and oxygen atoms in total. The van der Waals surface area contributed by atoms with Crippen LogP contribution in [0, 0.1) is 11.3 Å². The van der Waals surface area contributed by atoms with Crippen LogP contribution in [0.5, 0.6) is 0 Å². The maximum Gasteiger partial charge on any atom is 0.356 e. The first-order valence-electron chi connectivity index (χ1n) is 5.65. The predicted molar refractivity (Wildman–Crippen MR) is 66.7 cm³/mol. The van der Waals surface area contributed by atoms with Crippen molar-refractivity contribution in [1.29, 1.82) is 5.26 Å². The second-order valence-corrected chi connectivity index (χ2v) is 3.90. The standard InChI is InChI=1S/C13H8N4O3/c1-19-13(18)10-5-9(11-3-2-4-20-11)16-12-8(6-14)7-15-17(10)12/h2-5,7H,1H3. The third-order valence-corrected chi connectivity index (χ3v) is 2.76. The number of methoxy groups -OCH3 is 1. The first-order chi connectivity index (χ1) is 9.74. The van der Waals surface area contributed by atoms with Gasteiger partial charge in [-0.1, -0.05) is 0 Å². The number of carbonyl (C=O) groups is 1. The van der Waals surface area contributed by atoms with Crippen molar-refractivity contribution in [2.45, 2.75) is 0 Å². The molecule has 98 valence electrons. The van der Waals surface area contributed by atoms with Crippen molar-refractivity contribution in [3.63, 3.8) is 0 Å². The number of carbonyl (C=O) groups excluding carboxylic acids is 1. The number of rotatable bonds is 2. The van der Waals surface area contributed by atoms with Crippen LogP contribution < -0.4 is 0 Å². The summed E-state index contributed by atoms with van der Waals surface area (Å²) in [6, 6.07) is 6.90. The van der Waals surface area contributed by atoms with Crippen LogP contribution in [0.25, 0.3) is 17.1 Å². The Morgan fingerprint density at radius 1 is 1.55 bits per heavy atom. The van der Waals surface area contributed by atoms with Crippen molar-refractivity contribution >= 4 is 11.6 Å². The molecule has 0 N–H and O–H groups in total. The zero-order valence-corrected chi connectivity index (χ0v) is 10.4. The van der Waals surface area contributed by atoms with Gasteiger partial charge in [0.15, 0.2) is 17.1 Å². The van der Waals surface area contributed by atoms with E-state index in [1.54, 1.807) is 12.1 Å². The number of nitriles is 1. The topological polar surface area (TPSA) is 93.4 Å². The molecular weight excluding hydrogens is 260 g/mol. The largest absolute Gasteiger partial charge is 0.464 e. The van der Waals surface area contributed by atoms with Gasteiger partial charge in [-0.25, -0.2) is 14.3 Å². The molecule has 3 heterocycles. The van der Waals surface area contributed by atoms with E-state index in [0.717, 1.165) is 0 Å². The van der Waals surface area contributed by atoms with Gasteiger partial charge in [0.1, 0.15) is 17.3 Å². The van der Waals surface area contributed by atoms with E-state index in [-0.39, 0.29) is 16.9 Å². The number of hydrogen-bond donors (Lipinski definition) is 0. The minimum Gasteiger partial charge on any atom is -0.464 e. The summed E-state index contributed by atoms with van der Waals surface area (Å²) in [5, 5.41) is 13.0. The highest BCUT2D eigenvalue weighted by atomic mass is 16.5. The van der Waals surface area contributed by atoms with E-state index >= 15 is 0 Å². The van der Waals surface area contributed by atoms with Crippen LogP contribution in [0.15, 0.2) is 35.1 Å². The molecule has 3 aromatic heterocycles. The number of ether oxygens (including phenoxy) is 1. The maximum atomic E-state index is 11.8. The molecule has 0 aliphatic heterocycles. The molecule has 3 rings (SSSR count). The molecule has 0 amide bonds. The molecular formula is C13H8N4O3. The Morgan fingerprint density at radius 3 is 3.05 bits per heavy atom. The normalized spacial score (nSPS) is 10.4. The smallest absolute Gasteiger partial charge is 0.356 e. The van der Waals surface area contributed by atoms with Gasteiger partial charge in [-0.15, -0.1) is 0 Å². The van der Waals surface area contributed by atoms with E-state index in [2.05, 4.69) is 10.1 Å². The molecule has 0 spiro atoms. The summed E-state index contributed by atoms with van der Waals surface area (Å²) < 4.78 is 11.3. The predicted octanol–water partition coefficient (Wildman–Crippen LogP) is 1.65. The zero-order valence-electron chi connectivity index (χ0n) is 10.4. The minimum atomic E-state index is -0.571. The van der Waals surface area contributed by atoms with Gasteiger partial charge < -0.3 is 9.15 Å². The van der Waals surface area contributed by atoms with Gasteiger partial charge in [0, 0.05) is 6.07 Å². The highest BCUT2D eigenvalue weighted by molar-refractivity contribution is 5.89. The van der Waals surface area contributed by atoms with Crippen molar-refractivity contribution in [2.75, 3.05) is 7.11 Å². The van der Waals surface area contributed by atoms with Crippen LogP contribution in [0.2, 0.25) is 0 Å². The van der Waals surface area contributed by atoms with Crippen molar-refractivity contribution < 1.29 is 13.9 Å². The number of fused-ring (bicyclic) bond motifs is 1. The molecule has 0 radical (unpaired) electrons. The van der Waals surface area contributed by atoms with E-state index < -0.39 is 5.97 Å². The monoisotopic (exact) mass is 268 g/mol. The summed E-state index contributed by atoms with van der Waals surface area (Å²) in [7, 11) is 1.27. The lowest BCUT2D eigenvalue weighted by Crippen LogP contribution is -2.10. The van der Waals surface area contributed by atoms with Gasteiger partial charge in [-0.2, -0.15) is 10.4 Å². The van der Waals surface area contributed by atoms with E-state index in [1.807, 2.05) is 6.07 Å². The van der Waals surface area contributed by atoms with Gasteiger partial charge in [-0.05, 0) is 12.1 Å². The first-order valence-corrected chi connectivity index (χ1v) is 5.65. The van der Waals surface area contributed by atoms with Gasteiger partial charge >= 0.3 is 5.97 Å². The lowest BCUT2D eigenvalue weighted by molar-refractivity contribution is 0.0590. The zero-order chi connectivity index (χ0) is 14.1. The average Bonchev–Trinajstić information content (AvgIpc) is 3.14. The number of hydrogen-bond acceptors (Lipinski definition) is 6. The van der Waals surface area contributed by atoms with Gasteiger partial charge in [0.25, 0.3) is 0 Å². The van der Waals surface area contributed by atoms with Crippen LogP contribution in [0.3, 0.4) is 0 Å². The molecule has 7 heteroatoms. The fourth-order valence-electron chi connectivity index (χ4n) is 1.84. The third-order valence-electron chi connectivity index (χ3n) is 2.76. The summed E-state index contributed by atoms with van der Waals surface area (Å²) in [5.41, 5.74) is 1.15. The van der Waals surface area contributed by atoms with Crippen LogP contribution in [-0.2, 0) is 4.74 Å². The van der Waals surface area contributed by atoms with Gasteiger partial charge in [0.2, 0.25) is 0 Å². The van der Waals surface area contributed by atoms with E-state index in [1.165, 1.54) is 30.2 Å². The highest BCUT2D eigenvalue weighted by Crippen LogP contribution is 2.21. The van der Waals surface area contributed by atoms with Crippen molar-refractivity contribution in [3.05, 3.63) is 41.9 Å². The first kappa shape index (κ1) is 11.9. The molecule has 0 aromatic carbocycles. The van der Waals surface area contributed by atoms with E-state index in [4.69, 9.17) is 14.4 Å².